The Kier molecular flexibility index (Phi) is 3.81. The van der Waals surface area contributed by atoms with Crippen molar-refractivity contribution < 1.29 is 0 Å². The molecule has 2 saturated carbocycles. The quantitative estimate of drug-likeness (QED) is 0.879. The number of hydrogen-bond donors (Lipinski definition) is 1. The molecule has 19 heavy (non-hydrogen) atoms. The smallest absolute Gasteiger partial charge is 0.203 e. The van der Waals surface area contributed by atoms with Crippen LogP contribution in [0.25, 0.3) is 0 Å². The van der Waals surface area contributed by atoms with Crippen molar-refractivity contribution >= 4 is 5.95 Å². The topological polar surface area (TPSA) is 29.9 Å². The Balaban J connectivity index is 1.75. The van der Waals surface area contributed by atoms with E-state index >= 15 is 0 Å². The Morgan fingerprint density at radius 2 is 1.95 bits per heavy atom. The summed E-state index contributed by atoms with van der Waals surface area (Å²) in [5.41, 5.74) is 1.15. The van der Waals surface area contributed by atoms with E-state index in [1.54, 1.807) is 0 Å². The summed E-state index contributed by atoms with van der Waals surface area (Å²) < 4.78 is 2.43. The molecule has 0 aromatic carbocycles. The van der Waals surface area contributed by atoms with Crippen LogP contribution in [0.3, 0.4) is 0 Å². The van der Waals surface area contributed by atoms with Crippen LogP contribution in [0.1, 0.15) is 70.0 Å². The third-order valence-corrected chi connectivity index (χ3v) is 4.84. The molecule has 3 nitrogen and oxygen atoms in total. The Morgan fingerprint density at radius 1 is 1.16 bits per heavy atom. The molecule has 2 unspecified atom stereocenters. The molecule has 1 aromatic heterocycles. The van der Waals surface area contributed by atoms with Crippen molar-refractivity contribution in [2.45, 2.75) is 77.3 Å². The van der Waals surface area contributed by atoms with Crippen LogP contribution in [0, 0.1) is 12.8 Å². The second-order valence-electron chi connectivity index (χ2n) is 6.66. The number of rotatable bonds is 3. The van der Waals surface area contributed by atoms with Gasteiger partial charge in [-0.15, -0.1) is 0 Å². The van der Waals surface area contributed by atoms with E-state index in [1.165, 1.54) is 51.4 Å². The molecule has 1 aromatic rings. The van der Waals surface area contributed by atoms with E-state index < -0.39 is 0 Å². The highest BCUT2D eigenvalue weighted by Gasteiger charge is 2.24. The van der Waals surface area contributed by atoms with Crippen molar-refractivity contribution in [2.24, 2.45) is 5.92 Å². The molecule has 2 fully saturated rings. The minimum atomic E-state index is 0.654. The lowest BCUT2D eigenvalue weighted by Gasteiger charge is -2.29. The third-order valence-electron chi connectivity index (χ3n) is 4.84. The lowest BCUT2D eigenvalue weighted by molar-refractivity contribution is 0.284. The van der Waals surface area contributed by atoms with E-state index in [0.29, 0.717) is 12.1 Å². The first kappa shape index (κ1) is 13.0. The van der Waals surface area contributed by atoms with Gasteiger partial charge in [0.05, 0.1) is 5.69 Å². The number of aryl methyl sites for hydroxylation is 1. The summed E-state index contributed by atoms with van der Waals surface area (Å²) in [5.74, 6) is 1.99. The van der Waals surface area contributed by atoms with Gasteiger partial charge in [0.1, 0.15) is 0 Å². The lowest BCUT2D eigenvalue weighted by Crippen LogP contribution is -2.22. The number of anilines is 1. The van der Waals surface area contributed by atoms with Crippen molar-refractivity contribution in [2.75, 3.05) is 5.32 Å². The second kappa shape index (κ2) is 5.56. The van der Waals surface area contributed by atoms with Crippen molar-refractivity contribution in [1.82, 2.24) is 9.55 Å². The fourth-order valence-electron chi connectivity index (χ4n) is 3.81. The normalized spacial score (nSPS) is 28.7. The highest BCUT2D eigenvalue weighted by atomic mass is 15.2. The molecule has 2 aliphatic rings. The van der Waals surface area contributed by atoms with Crippen LogP contribution in [-0.4, -0.2) is 15.6 Å². The van der Waals surface area contributed by atoms with Crippen LogP contribution in [0.15, 0.2) is 6.20 Å². The zero-order valence-electron chi connectivity index (χ0n) is 12.4. The molecule has 3 rings (SSSR count). The maximum atomic E-state index is 4.73. The Morgan fingerprint density at radius 3 is 2.68 bits per heavy atom. The van der Waals surface area contributed by atoms with Crippen molar-refractivity contribution in [3.05, 3.63) is 11.9 Å². The van der Waals surface area contributed by atoms with Crippen LogP contribution in [-0.2, 0) is 0 Å². The number of aromatic nitrogens is 2. The van der Waals surface area contributed by atoms with Crippen LogP contribution in [0.4, 0.5) is 5.95 Å². The summed E-state index contributed by atoms with van der Waals surface area (Å²) in [6, 6.07) is 1.32. The monoisotopic (exact) mass is 261 g/mol. The van der Waals surface area contributed by atoms with Crippen molar-refractivity contribution in [3.63, 3.8) is 0 Å². The van der Waals surface area contributed by atoms with Gasteiger partial charge >= 0.3 is 0 Å². The van der Waals surface area contributed by atoms with E-state index in [4.69, 9.17) is 4.98 Å². The summed E-state index contributed by atoms with van der Waals surface area (Å²) in [6.07, 6.45) is 13.0. The number of nitrogens with zero attached hydrogens (tertiary/aromatic N) is 2. The van der Waals surface area contributed by atoms with Gasteiger partial charge in [-0.25, -0.2) is 4.98 Å². The van der Waals surface area contributed by atoms with Crippen molar-refractivity contribution in [1.29, 1.82) is 0 Å². The molecule has 3 heteroatoms. The highest BCUT2D eigenvalue weighted by Crippen LogP contribution is 2.34. The minimum absolute atomic E-state index is 0.654. The van der Waals surface area contributed by atoms with E-state index in [1.807, 2.05) is 0 Å². The third kappa shape index (κ3) is 2.96. The maximum absolute atomic E-state index is 4.73. The zero-order chi connectivity index (χ0) is 13.2. The average Bonchev–Trinajstić information content (AvgIpc) is 3.00. The van der Waals surface area contributed by atoms with Crippen LogP contribution in [0.5, 0.6) is 0 Å². The lowest BCUT2D eigenvalue weighted by atomic mass is 9.87. The zero-order valence-corrected chi connectivity index (χ0v) is 12.4. The molecule has 0 spiro atoms. The van der Waals surface area contributed by atoms with E-state index in [9.17, 15) is 0 Å². The molecule has 0 amide bonds. The molecule has 2 aliphatic carbocycles. The summed E-state index contributed by atoms with van der Waals surface area (Å²) in [7, 11) is 0. The molecule has 0 radical (unpaired) electrons. The average molecular weight is 261 g/mol. The first-order valence-corrected chi connectivity index (χ1v) is 8.04. The van der Waals surface area contributed by atoms with Gasteiger partial charge in [0.25, 0.3) is 0 Å². The van der Waals surface area contributed by atoms with Gasteiger partial charge in [0.15, 0.2) is 0 Å². The van der Waals surface area contributed by atoms with Gasteiger partial charge in [-0.1, -0.05) is 32.6 Å². The predicted octanol–water partition coefficient (Wildman–Crippen LogP) is 4.30. The van der Waals surface area contributed by atoms with Gasteiger partial charge in [0, 0.05) is 18.3 Å². The van der Waals surface area contributed by atoms with E-state index in [-0.39, 0.29) is 0 Å². The Bertz CT molecular complexity index is 418. The fourth-order valence-corrected chi connectivity index (χ4v) is 3.81. The molecule has 1 heterocycles. The van der Waals surface area contributed by atoms with Gasteiger partial charge in [-0.05, 0) is 38.5 Å². The van der Waals surface area contributed by atoms with E-state index in [2.05, 4.69) is 29.9 Å². The maximum Gasteiger partial charge on any atom is 0.203 e. The number of nitrogens with one attached hydrogen (secondary N) is 1. The fraction of sp³-hybridized carbons (Fsp3) is 0.812. The summed E-state index contributed by atoms with van der Waals surface area (Å²) >= 11 is 0. The standard InChI is InChI=1S/C16H27N3/c1-12-6-5-9-15(10-12)19-11-13(2)17-16(19)18-14-7-3-4-8-14/h11-12,14-15H,3-10H2,1-2H3,(H,17,18). The van der Waals surface area contributed by atoms with Gasteiger partial charge in [0.2, 0.25) is 5.95 Å². The molecular formula is C16H27N3. The minimum Gasteiger partial charge on any atom is -0.353 e. The second-order valence-corrected chi connectivity index (χ2v) is 6.66. The van der Waals surface area contributed by atoms with E-state index in [0.717, 1.165) is 17.6 Å². The number of imidazole rings is 1. The summed E-state index contributed by atoms with van der Waals surface area (Å²) in [5, 5.41) is 3.69. The summed E-state index contributed by atoms with van der Waals surface area (Å²) in [6.45, 7) is 4.50. The molecule has 0 aliphatic heterocycles. The largest absolute Gasteiger partial charge is 0.353 e. The molecule has 0 bridgehead atoms. The molecular weight excluding hydrogens is 234 g/mol. The predicted molar refractivity (Wildman–Crippen MR) is 79.5 cm³/mol. The Labute approximate surface area is 116 Å². The SMILES string of the molecule is Cc1cn(C2CCCC(C)C2)c(NC2CCCC2)n1. The molecule has 0 saturated heterocycles. The Hall–Kier alpha value is -0.990. The van der Waals surface area contributed by atoms with Crippen LogP contribution < -0.4 is 5.32 Å². The highest BCUT2D eigenvalue weighted by molar-refractivity contribution is 5.31. The van der Waals surface area contributed by atoms with Gasteiger partial charge < -0.3 is 9.88 Å². The van der Waals surface area contributed by atoms with Crippen molar-refractivity contribution in [3.8, 4) is 0 Å². The van der Waals surface area contributed by atoms with Crippen LogP contribution in [0.2, 0.25) is 0 Å². The van der Waals surface area contributed by atoms with Crippen LogP contribution >= 0.6 is 0 Å². The first-order chi connectivity index (χ1) is 9.22. The van der Waals surface area contributed by atoms with Gasteiger partial charge in [-0.2, -0.15) is 0 Å². The molecule has 1 N–H and O–H groups in total. The summed E-state index contributed by atoms with van der Waals surface area (Å²) in [4.78, 5) is 4.73. The number of hydrogen-bond acceptors (Lipinski definition) is 2. The molecule has 106 valence electrons. The van der Waals surface area contributed by atoms with Gasteiger partial charge in [-0.3, -0.25) is 0 Å². The first-order valence-electron chi connectivity index (χ1n) is 8.04. The molecule has 2 atom stereocenters.